The average Bonchev–Trinajstić information content (AvgIpc) is 3.13. The number of benzene rings is 2. The van der Waals surface area contributed by atoms with E-state index in [0.29, 0.717) is 35.1 Å². The number of fused-ring (bicyclic) bond motifs is 1. The van der Waals surface area contributed by atoms with Crippen LogP contribution in [0.2, 0.25) is 5.02 Å². The Morgan fingerprint density at radius 1 is 1.17 bits per heavy atom. The number of aromatic nitrogens is 1. The van der Waals surface area contributed by atoms with Crippen molar-refractivity contribution in [2.24, 2.45) is 0 Å². The van der Waals surface area contributed by atoms with E-state index in [1.807, 2.05) is 24.3 Å². The summed E-state index contributed by atoms with van der Waals surface area (Å²) in [6.45, 7) is 3.39. The Kier molecular flexibility index (Phi) is 5.66. The number of halogens is 1. The lowest BCUT2D eigenvalue weighted by molar-refractivity contribution is 0.159. The molecule has 1 saturated heterocycles. The Morgan fingerprint density at radius 2 is 1.90 bits per heavy atom. The third-order valence-electron chi connectivity index (χ3n) is 5.73. The molecule has 0 radical (unpaired) electrons. The summed E-state index contributed by atoms with van der Waals surface area (Å²) < 4.78 is 33.1. The molecule has 0 saturated carbocycles. The van der Waals surface area contributed by atoms with Gasteiger partial charge in [-0.25, -0.2) is 8.42 Å². The van der Waals surface area contributed by atoms with Crippen LogP contribution in [0.25, 0.3) is 11.0 Å². The Balaban J connectivity index is 1.43. The van der Waals surface area contributed by atoms with Crippen LogP contribution in [0.15, 0.2) is 51.9 Å². The minimum atomic E-state index is -3.54. The van der Waals surface area contributed by atoms with Gasteiger partial charge in [0.05, 0.1) is 4.90 Å². The van der Waals surface area contributed by atoms with Gasteiger partial charge in [-0.3, -0.25) is 4.90 Å². The van der Waals surface area contributed by atoms with E-state index in [9.17, 15) is 8.42 Å². The van der Waals surface area contributed by atoms with Gasteiger partial charge in [0.15, 0.2) is 5.58 Å². The Hall–Kier alpha value is -1.93. The van der Waals surface area contributed by atoms with E-state index >= 15 is 0 Å². The summed E-state index contributed by atoms with van der Waals surface area (Å²) in [5.41, 5.74) is 2.30. The fraction of sp³-hybridized carbons (Fsp3) is 0.381. The van der Waals surface area contributed by atoms with E-state index in [0.717, 1.165) is 29.5 Å². The zero-order valence-corrected chi connectivity index (χ0v) is 18.1. The van der Waals surface area contributed by atoms with Gasteiger partial charge in [-0.1, -0.05) is 35.0 Å². The van der Waals surface area contributed by atoms with E-state index in [1.54, 1.807) is 29.4 Å². The van der Waals surface area contributed by atoms with E-state index in [-0.39, 0.29) is 6.04 Å². The maximum absolute atomic E-state index is 13.1. The van der Waals surface area contributed by atoms with E-state index in [1.165, 1.54) is 0 Å². The highest BCUT2D eigenvalue weighted by Gasteiger charge is 2.32. The third-order valence-corrected chi connectivity index (χ3v) is 8.19. The first-order chi connectivity index (χ1) is 13.9. The first-order valence-electron chi connectivity index (χ1n) is 9.66. The molecule has 154 valence electrons. The van der Waals surface area contributed by atoms with Gasteiger partial charge in [0.25, 0.3) is 0 Å². The SMILES string of the molecule is Cc1c(Cl)cccc1S(=O)(=O)N1CCC(N(C)Cc2noc3ccccc23)CC1. The summed E-state index contributed by atoms with van der Waals surface area (Å²) in [5, 5.41) is 5.70. The largest absolute Gasteiger partial charge is 0.356 e. The van der Waals surface area contributed by atoms with Gasteiger partial charge in [-0.2, -0.15) is 4.31 Å². The molecule has 1 aliphatic rings. The van der Waals surface area contributed by atoms with Crippen LogP contribution in [0.4, 0.5) is 0 Å². The number of nitrogens with zero attached hydrogens (tertiary/aromatic N) is 3. The van der Waals surface area contributed by atoms with Gasteiger partial charge in [-0.15, -0.1) is 0 Å². The molecule has 2 aromatic carbocycles. The lowest BCUT2D eigenvalue weighted by Gasteiger charge is -2.36. The van der Waals surface area contributed by atoms with Crippen molar-refractivity contribution >= 4 is 32.6 Å². The second-order valence-corrected chi connectivity index (χ2v) is 9.85. The maximum Gasteiger partial charge on any atom is 0.243 e. The van der Waals surface area contributed by atoms with Gasteiger partial charge in [-0.05, 0) is 56.6 Å². The van der Waals surface area contributed by atoms with Gasteiger partial charge in [0.2, 0.25) is 10.0 Å². The van der Waals surface area contributed by atoms with Crippen LogP contribution in [0.1, 0.15) is 24.1 Å². The number of hydrogen-bond acceptors (Lipinski definition) is 5. The summed E-state index contributed by atoms with van der Waals surface area (Å²) in [6, 6.07) is 13.1. The van der Waals surface area contributed by atoms with Gasteiger partial charge in [0.1, 0.15) is 5.69 Å². The number of para-hydroxylation sites is 1. The Morgan fingerprint density at radius 3 is 2.66 bits per heavy atom. The summed E-state index contributed by atoms with van der Waals surface area (Å²) in [5.74, 6) is 0. The average molecular weight is 434 g/mol. The predicted octanol–water partition coefficient (Wildman–Crippen LogP) is 4.07. The fourth-order valence-electron chi connectivity index (χ4n) is 3.95. The van der Waals surface area contributed by atoms with Crippen molar-refractivity contribution < 1.29 is 12.9 Å². The first-order valence-corrected chi connectivity index (χ1v) is 11.5. The molecule has 0 bridgehead atoms. The molecule has 1 fully saturated rings. The summed E-state index contributed by atoms with van der Waals surface area (Å²) in [7, 11) is -1.49. The zero-order chi connectivity index (χ0) is 20.6. The lowest BCUT2D eigenvalue weighted by Crippen LogP contribution is -2.45. The number of sulfonamides is 1. The van der Waals surface area contributed by atoms with Crippen LogP contribution in [0.3, 0.4) is 0 Å². The normalized spacial score (nSPS) is 16.7. The molecular formula is C21H24ClN3O3S. The highest BCUT2D eigenvalue weighted by atomic mass is 35.5. The molecule has 29 heavy (non-hydrogen) atoms. The molecule has 0 spiro atoms. The fourth-order valence-corrected chi connectivity index (χ4v) is 5.89. The topological polar surface area (TPSA) is 66.7 Å². The molecule has 0 N–H and O–H groups in total. The molecule has 1 aliphatic heterocycles. The highest BCUT2D eigenvalue weighted by Crippen LogP contribution is 2.29. The van der Waals surface area contributed by atoms with Crippen molar-refractivity contribution in [1.29, 1.82) is 0 Å². The smallest absolute Gasteiger partial charge is 0.243 e. The van der Waals surface area contributed by atoms with Crippen LogP contribution in [-0.2, 0) is 16.6 Å². The lowest BCUT2D eigenvalue weighted by atomic mass is 10.0. The van der Waals surface area contributed by atoms with Gasteiger partial charge >= 0.3 is 0 Å². The molecule has 3 aromatic rings. The third kappa shape index (κ3) is 3.92. The van der Waals surface area contributed by atoms with Crippen LogP contribution in [-0.4, -0.2) is 49.0 Å². The van der Waals surface area contributed by atoms with E-state index in [2.05, 4.69) is 17.1 Å². The number of rotatable bonds is 5. The molecule has 2 heterocycles. The molecule has 8 heteroatoms. The van der Waals surface area contributed by atoms with Gasteiger partial charge in [0, 0.05) is 36.1 Å². The summed E-state index contributed by atoms with van der Waals surface area (Å²) in [6.07, 6.45) is 1.54. The monoisotopic (exact) mass is 433 g/mol. The minimum absolute atomic E-state index is 0.289. The van der Waals surface area contributed by atoms with Crippen molar-refractivity contribution in [2.75, 3.05) is 20.1 Å². The first kappa shape index (κ1) is 20.3. The second-order valence-electron chi connectivity index (χ2n) is 7.54. The van der Waals surface area contributed by atoms with E-state index in [4.69, 9.17) is 16.1 Å². The van der Waals surface area contributed by atoms with Crippen LogP contribution in [0, 0.1) is 6.92 Å². The molecular weight excluding hydrogens is 410 g/mol. The van der Waals surface area contributed by atoms with E-state index < -0.39 is 10.0 Å². The molecule has 6 nitrogen and oxygen atoms in total. The maximum atomic E-state index is 13.1. The van der Waals surface area contributed by atoms with Crippen molar-refractivity contribution in [3.8, 4) is 0 Å². The molecule has 4 rings (SSSR count). The van der Waals surface area contributed by atoms with Crippen LogP contribution < -0.4 is 0 Å². The summed E-state index contributed by atoms with van der Waals surface area (Å²) >= 11 is 6.13. The molecule has 0 unspecified atom stereocenters. The standard InChI is InChI=1S/C21H24ClN3O3S/c1-15-18(22)7-5-9-21(15)29(26,27)25-12-10-16(11-13-25)24(2)14-19-17-6-3-4-8-20(17)28-23-19/h3-9,16H,10-14H2,1-2H3. The Labute approximate surface area is 176 Å². The predicted molar refractivity (Wildman–Crippen MR) is 113 cm³/mol. The Bertz CT molecular complexity index is 1120. The summed E-state index contributed by atoms with van der Waals surface area (Å²) in [4.78, 5) is 2.53. The minimum Gasteiger partial charge on any atom is -0.356 e. The molecule has 0 aliphatic carbocycles. The zero-order valence-electron chi connectivity index (χ0n) is 16.5. The molecule has 0 atom stereocenters. The van der Waals surface area contributed by atoms with Crippen molar-refractivity contribution in [2.45, 2.75) is 37.2 Å². The van der Waals surface area contributed by atoms with Crippen LogP contribution in [0.5, 0.6) is 0 Å². The second kappa shape index (κ2) is 8.07. The van der Waals surface area contributed by atoms with Crippen molar-refractivity contribution in [3.05, 3.63) is 58.7 Å². The van der Waals surface area contributed by atoms with Crippen LogP contribution >= 0.6 is 11.6 Å². The molecule has 0 amide bonds. The molecule has 1 aromatic heterocycles. The highest BCUT2D eigenvalue weighted by molar-refractivity contribution is 7.89. The quantitative estimate of drug-likeness (QED) is 0.606. The van der Waals surface area contributed by atoms with Gasteiger partial charge < -0.3 is 4.52 Å². The number of hydrogen-bond donors (Lipinski definition) is 0. The van der Waals surface area contributed by atoms with Crippen molar-refractivity contribution in [3.63, 3.8) is 0 Å². The number of piperidine rings is 1. The van der Waals surface area contributed by atoms with Crippen molar-refractivity contribution in [1.82, 2.24) is 14.4 Å².